The highest BCUT2D eigenvalue weighted by atomic mass is 35.5. The number of anilines is 1. The van der Waals surface area contributed by atoms with Crippen LogP contribution in [0.2, 0.25) is 5.02 Å². The predicted octanol–water partition coefficient (Wildman–Crippen LogP) is 3.79. The molecule has 0 bridgehead atoms. The molecule has 0 radical (unpaired) electrons. The summed E-state index contributed by atoms with van der Waals surface area (Å²) >= 11 is 6.13. The molecule has 0 aromatic heterocycles. The average Bonchev–Trinajstić information content (AvgIpc) is 2.27. The number of benzene rings is 1. The van der Waals surface area contributed by atoms with Gasteiger partial charge in [-0.25, -0.2) is 8.78 Å². The van der Waals surface area contributed by atoms with Crippen LogP contribution < -0.4 is 10.2 Å². The van der Waals surface area contributed by atoms with E-state index in [1.54, 1.807) is 13.1 Å². The Labute approximate surface area is 118 Å². The van der Waals surface area contributed by atoms with Crippen molar-refractivity contribution in [2.24, 2.45) is 5.92 Å². The molecule has 1 N–H and O–H groups in total. The first-order valence-corrected chi connectivity index (χ1v) is 6.76. The van der Waals surface area contributed by atoms with Gasteiger partial charge in [-0.1, -0.05) is 31.5 Å². The first-order valence-electron chi connectivity index (χ1n) is 6.38. The van der Waals surface area contributed by atoms with Gasteiger partial charge in [-0.2, -0.15) is 0 Å². The van der Waals surface area contributed by atoms with Crippen molar-refractivity contribution in [3.8, 4) is 0 Å². The maximum Gasteiger partial charge on any atom is 0.255 e. The van der Waals surface area contributed by atoms with Crippen LogP contribution in [0.15, 0.2) is 18.2 Å². The molecular formula is C14H21ClF2N2. The molecule has 1 aromatic rings. The standard InChI is InChI=1S/C14H21ClF2N2/c1-10(2)7-18-8-11-4-5-13(12(15)6-11)19(3)9-14(16)17/h4-6,10,14,18H,7-9H2,1-3H3. The van der Waals surface area contributed by atoms with Crippen LogP contribution in [0.1, 0.15) is 19.4 Å². The molecule has 0 aliphatic heterocycles. The molecule has 0 heterocycles. The first kappa shape index (κ1) is 16.2. The van der Waals surface area contributed by atoms with Gasteiger partial charge in [0, 0.05) is 13.6 Å². The molecule has 19 heavy (non-hydrogen) atoms. The topological polar surface area (TPSA) is 15.3 Å². The lowest BCUT2D eigenvalue weighted by Crippen LogP contribution is -2.24. The number of nitrogens with zero attached hydrogens (tertiary/aromatic N) is 1. The van der Waals surface area contributed by atoms with E-state index in [0.717, 1.165) is 18.7 Å². The van der Waals surface area contributed by atoms with E-state index in [9.17, 15) is 8.78 Å². The SMILES string of the molecule is CC(C)CNCc1ccc(N(C)CC(F)F)c(Cl)c1. The van der Waals surface area contributed by atoms with Gasteiger partial charge in [0.05, 0.1) is 17.3 Å². The molecule has 0 spiro atoms. The van der Waals surface area contributed by atoms with Gasteiger partial charge in [-0.15, -0.1) is 0 Å². The molecule has 0 unspecified atom stereocenters. The second-order valence-electron chi connectivity index (χ2n) is 5.08. The number of nitrogens with one attached hydrogen (secondary N) is 1. The highest BCUT2D eigenvalue weighted by molar-refractivity contribution is 6.33. The molecule has 108 valence electrons. The van der Waals surface area contributed by atoms with Crippen LogP contribution in [-0.4, -0.2) is 26.6 Å². The maximum absolute atomic E-state index is 12.3. The smallest absolute Gasteiger partial charge is 0.255 e. The third-order valence-corrected chi connectivity index (χ3v) is 3.02. The summed E-state index contributed by atoms with van der Waals surface area (Å²) in [6.45, 7) is 5.64. The summed E-state index contributed by atoms with van der Waals surface area (Å²) in [6.07, 6.45) is -2.37. The van der Waals surface area contributed by atoms with Crippen molar-refractivity contribution in [2.45, 2.75) is 26.8 Å². The maximum atomic E-state index is 12.3. The Morgan fingerprint density at radius 2 is 2.00 bits per heavy atom. The van der Waals surface area contributed by atoms with Crippen molar-refractivity contribution < 1.29 is 8.78 Å². The fraction of sp³-hybridized carbons (Fsp3) is 0.571. The van der Waals surface area contributed by atoms with Gasteiger partial charge in [-0.05, 0) is 30.2 Å². The van der Waals surface area contributed by atoms with Gasteiger partial charge in [0.15, 0.2) is 0 Å². The molecule has 0 saturated heterocycles. The average molecular weight is 291 g/mol. The van der Waals surface area contributed by atoms with E-state index < -0.39 is 6.43 Å². The Morgan fingerprint density at radius 1 is 1.32 bits per heavy atom. The van der Waals surface area contributed by atoms with E-state index in [0.29, 0.717) is 16.6 Å². The summed E-state index contributed by atoms with van der Waals surface area (Å²) in [5.41, 5.74) is 1.69. The fourth-order valence-electron chi connectivity index (χ4n) is 1.78. The van der Waals surface area contributed by atoms with Gasteiger partial charge in [0.2, 0.25) is 0 Å². The molecule has 0 aliphatic carbocycles. The number of hydrogen-bond donors (Lipinski definition) is 1. The van der Waals surface area contributed by atoms with Crippen molar-refractivity contribution in [3.63, 3.8) is 0 Å². The van der Waals surface area contributed by atoms with Crippen LogP contribution in [0.25, 0.3) is 0 Å². The van der Waals surface area contributed by atoms with Gasteiger partial charge >= 0.3 is 0 Å². The molecule has 2 nitrogen and oxygen atoms in total. The van der Waals surface area contributed by atoms with Crippen LogP contribution in [0.3, 0.4) is 0 Å². The Balaban J connectivity index is 2.63. The van der Waals surface area contributed by atoms with E-state index in [1.807, 2.05) is 12.1 Å². The highest BCUT2D eigenvalue weighted by Gasteiger charge is 2.11. The minimum absolute atomic E-state index is 0.315. The van der Waals surface area contributed by atoms with Crippen LogP contribution in [0.4, 0.5) is 14.5 Å². The third-order valence-electron chi connectivity index (χ3n) is 2.72. The van der Waals surface area contributed by atoms with E-state index >= 15 is 0 Å². The van der Waals surface area contributed by atoms with Gasteiger partial charge in [0.1, 0.15) is 0 Å². The molecule has 0 amide bonds. The quantitative estimate of drug-likeness (QED) is 0.822. The molecule has 0 atom stereocenters. The van der Waals surface area contributed by atoms with Crippen LogP contribution in [0.5, 0.6) is 0 Å². The number of alkyl halides is 2. The lowest BCUT2D eigenvalue weighted by atomic mass is 10.1. The second kappa shape index (κ2) is 7.65. The Morgan fingerprint density at radius 3 is 2.53 bits per heavy atom. The largest absolute Gasteiger partial charge is 0.368 e. The van der Waals surface area contributed by atoms with E-state index in [4.69, 9.17) is 11.6 Å². The van der Waals surface area contributed by atoms with Crippen molar-refractivity contribution in [2.75, 3.05) is 25.0 Å². The number of halogens is 3. The minimum Gasteiger partial charge on any atom is -0.368 e. The fourth-order valence-corrected chi connectivity index (χ4v) is 2.13. The first-order chi connectivity index (χ1) is 8.90. The van der Waals surface area contributed by atoms with E-state index in [1.165, 1.54) is 4.90 Å². The van der Waals surface area contributed by atoms with E-state index in [-0.39, 0.29) is 6.54 Å². The van der Waals surface area contributed by atoms with Crippen molar-refractivity contribution in [1.29, 1.82) is 0 Å². The molecule has 0 aliphatic rings. The highest BCUT2D eigenvalue weighted by Crippen LogP contribution is 2.26. The van der Waals surface area contributed by atoms with Crippen molar-refractivity contribution >= 4 is 17.3 Å². The minimum atomic E-state index is -2.37. The van der Waals surface area contributed by atoms with Crippen molar-refractivity contribution in [1.82, 2.24) is 5.32 Å². The molecule has 0 fully saturated rings. The Bertz CT molecular complexity index is 397. The van der Waals surface area contributed by atoms with Gasteiger partial charge < -0.3 is 10.2 Å². The summed E-state index contributed by atoms with van der Waals surface area (Å²) in [6, 6.07) is 5.53. The number of hydrogen-bond acceptors (Lipinski definition) is 2. The molecule has 0 saturated carbocycles. The Hall–Kier alpha value is -0.870. The zero-order chi connectivity index (χ0) is 14.4. The zero-order valence-corrected chi connectivity index (χ0v) is 12.3. The lowest BCUT2D eigenvalue weighted by molar-refractivity contribution is 0.156. The summed E-state index contributed by atoms with van der Waals surface area (Å²) in [4.78, 5) is 1.47. The summed E-state index contributed by atoms with van der Waals surface area (Å²) in [7, 11) is 1.62. The van der Waals surface area contributed by atoms with Crippen LogP contribution >= 0.6 is 11.6 Å². The molecule has 1 rings (SSSR count). The summed E-state index contributed by atoms with van der Waals surface area (Å²) < 4.78 is 24.7. The van der Waals surface area contributed by atoms with Crippen LogP contribution in [0, 0.1) is 5.92 Å². The number of rotatable bonds is 7. The third kappa shape index (κ3) is 5.74. The summed E-state index contributed by atoms with van der Waals surface area (Å²) in [5, 5.41) is 3.82. The lowest BCUT2D eigenvalue weighted by Gasteiger charge is -2.20. The van der Waals surface area contributed by atoms with Crippen LogP contribution in [-0.2, 0) is 6.54 Å². The monoisotopic (exact) mass is 290 g/mol. The van der Waals surface area contributed by atoms with Crippen molar-refractivity contribution in [3.05, 3.63) is 28.8 Å². The molecule has 5 heteroatoms. The normalized spacial score (nSPS) is 11.4. The summed E-state index contributed by atoms with van der Waals surface area (Å²) in [5.74, 6) is 0.590. The van der Waals surface area contributed by atoms with Gasteiger partial charge in [-0.3, -0.25) is 0 Å². The molecule has 1 aromatic carbocycles. The zero-order valence-electron chi connectivity index (χ0n) is 11.6. The molecular weight excluding hydrogens is 270 g/mol. The predicted molar refractivity (Wildman–Crippen MR) is 77.3 cm³/mol. The van der Waals surface area contributed by atoms with E-state index in [2.05, 4.69) is 19.2 Å². The Kier molecular flexibility index (Phi) is 6.52. The second-order valence-corrected chi connectivity index (χ2v) is 5.49. The van der Waals surface area contributed by atoms with Gasteiger partial charge in [0.25, 0.3) is 6.43 Å².